The lowest BCUT2D eigenvalue weighted by Gasteiger charge is -2.04. The maximum atomic E-state index is 13.5. The van der Waals surface area contributed by atoms with Crippen LogP contribution < -0.4 is 0 Å². The largest absolute Gasteiger partial charge is 0.279 e. The number of ketones is 2. The first kappa shape index (κ1) is 18.4. The van der Waals surface area contributed by atoms with Gasteiger partial charge >= 0.3 is 0 Å². The van der Waals surface area contributed by atoms with Gasteiger partial charge < -0.3 is 0 Å². The van der Waals surface area contributed by atoms with E-state index in [1.54, 1.807) is 12.1 Å². The van der Waals surface area contributed by atoms with Gasteiger partial charge in [0, 0.05) is 19.3 Å². The van der Waals surface area contributed by atoms with Gasteiger partial charge in [-0.15, -0.1) is 0 Å². The van der Waals surface area contributed by atoms with E-state index in [1.807, 2.05) is 0 Å². The molecule has 0 saturated carbocycles. The van der Waals surface area contributed by atoms with Crippen molar-refractivity contribution >= 4 is 11.6 Å². The summed E-state index contributed by atoms with van der Waals surface area (Å²) in [5, 5.41) is 0. The Bertz CT molecular complexity index is 855. The van der Waals surface area contributed by atoms with Gasteiger partial charge in [0.1, 0.15) is 11.6 Å². The zero-order valence-corrected chi connectivity index (χ0v) is 13.6. The Morgan fingerprint density at radius 1 is 1.00 bits per heavy atom. The van der Waals surface area contributed by atoms with Crippen LogP contribution in [0.25, 0.3) is 0 Å². The first-order chi connectivity index (χ1) is 12.1. The maximum absolute atomic E-state index is 13.5. The van der Waals surface area contributed by atoms with Gasteiger partial charge in [-0.05, 0) is 36.8 Å². The molecule has 0 aliphatic heterocycles. The van der Waals surface area contributed by atoms with Gasteiger partial charge in [-0.1, -0.05) is 36.1 Å². The number of benzene rings is 1. The second-order valence-corrected chi connectivity index (χ2v) is 5.35. The minimum Gasteiger partial charge on any atom is -0.279 e. The summed E-state index contributed by atoms with van der Waals surface area (Å²) in [5.74, 6) is 8.06. The molecule has 0 unspecified atom stereocenters. The predicted octanol–water partition coefficient (Wildman–Crippen LogP) is 4.33. The van der Waals surface area contributed by atoms with Crippen LogP contribution in [0.5, 0.6) is 0 Å². The van der Waals surface area contributed by atoms with Crippen LogP contribution in [-0.4, -0.2) is 11.6 Å². The van der Waals surface area contributed by atoms with E-state index >= 15 is 0 Å². The van der Waals surface area contributed by atoms with E-state index in [0.717, 1.165) is 0 Å². The summed E-state index contributed by atoms with van der Waals surface area (Å²) < 4.78 is 26.9. The molecule has 1 aromatic carbocycles. The molecule has 0 saturated heterocycles. The number of allylic oxidation sites excluding steroid dienone is 4. The molecule has 1 aromatic rings. The molecule has 1 aliphatic carbocycles. The fraction of sp³-hybridized carbons (Fsp3) is 0.238. The van der Waals surface area contributed by atoms with Gasteiger partial charge in [-0.3, -0.25) is 9.59 Å². The normalized spacial score (nSPS) is 12.7. The number of rotatable bonds is 4. The standard InChI is InChI=1S/C21H16F2O2/c22-18-12-8-6-10-16(18)20(24)14-4-2-1-3-5-15-21(25)17-11-7-9-13-19(17)23/h6-8,10-12H,1-3,9,13H2. The Morgan fingerprint density at radius 3 is 2.36 bits per heavy atom. The number of unbranched alkanes of at least 4 members (excludes halogenated alkanes) is 2. The highest BCUT2D eigenvalue weighted by atomic mass is 19.1. The molecule has 25 heavy (non-hydrogen) atoms. The first-order valence-electron chi connectivity index (χ1n) is 7.95. The van der Waals surface area contributed by atoms with Crippen LogP contribution >= 0.6 is 0 Å². The van der Waals surface area contributed by atoms with E-state index in [1.165, 1.54) is 24.3 Å². The van der Waals surface area contributed by atoms with E-state index in [4.69, 9.17) is 0 Å². The third-order valence-corrected chi connectivity index (χ3v) is 3.48. The predicted molar refractivity (Wildman–Crippen MR) is 91.6 cm³/mol. The van der Waals surface area contributed by atoms with Crippen molar-refractivity contribution in [3.05, 3.63) is 59.2 Å². The molecule has 0 N–H and O–H groups in total. The molecule has 0 fully saturated rings. The fourth-order valence-corrected chi connectivity index (χ4v) is 2.17. The number of halogens is 2. The Morgan fingerprint density at radius 2 is 1.68 bits per heavy atom. The Hall–Kier alpha value is -2.98. The lowest BCUT2D eigenvalue weighted by molar-refractivity contribution is -0.110. The topological polar surface area (TPSA) is 34.1 Å². The van der Waals surface area contributed by atoms with Gasteiger partial charge in [0.2, 0.25) is 11.6 Å². The van der Waals surface area contributed by atoms with Gasteiger partial charge in [0.15, 0.2) is 0 Å². The SMILES string of the molecule is O=C(C#CCCCC#CC(=O)c1ccccc1F)C1=C(F)CCC=C1. The van der Waals surface area contributed by atoms with Crippen LogP contribution in [0.4, 0.5) is 8.78 Å². The molecule has 0 aromatic heterocycles. The smallest absolute Gasteiger partial charge is 0.238 e. The summed E-state index contributed by atoms with van der Waals surface area (Å²) in [6.07, 6.45) is 5.43. The van der Waals surface area contributed by atoms with Crippen LogP contribution in [0, 0.1) is 29.5 Å². The maximum Gasteiger partial charge on any atom is 0.238 e. The summed E-state index contributed by atoms with van der Waals surface area (Å²) in [7, 11) is 0. The molecule has 126 valence electrons. The molecule has 0 atom stereocenters. The van der Waals surface area contributed by atoms with Gasteiger partial charge in [0.05, 0.1) is 11.1 Å². The molecule has 0 bridgehead atoms. The van der Waals surface area contributed by atoms with Crippen molar-refractivity contribution in [3.63, 3.8) is 0 Å². The lowest BCUT2D eigenvalue weighted by Crippen LogP contribution is -2.02. The lowest BCUT2D eigenvalue weighted by atomic mass is 10.0. The van der Waals surface area contributed by atoms with Crippen molar-refractivity contribution in [3.8, 4) is 23.7 Å². The van der Waals surface area contributed by atoms with E-state index in [-0.39, 0.29) is 17.6 Å². The van der Waals surface area contributed by atoms with E-state index in [0.29, 0.717) is 25.7 Å². The molecular formula is C21H16F2O2. The van der Waals surface area contributed by atoms with Crippen molar-refractivity contribution < 1.29 is 18.4 Å². The van der Waals surface area contributed by atoms with E-state index < -0.39 is 23.2 Å². The molecule has 0 amide bonds. The van der Waals surface area contributed by atoms with Crippen LogP contribution in [-0.2, 0) is 4.79 Å². The number of Topliss-reactive ketones (excluding diaryl/α,β-unsaturated/α-hetero) is 2. The summed E-state index contributed by atoms with van der Waals surface area (Å²) in [4.78, 5) is 23.5. The monoisotopic (exact) mass is 338 g/mol. The zero-order chi connectivity index (χ0) is 18.1. The molecule has 4 heteroatoms. The van der Waals surface area contributed by atoms with Crippen molar-refractivity contribution in [2.75, 3.05) is 0 Å². The second-order valence-electron chi connectivity index (χ2n) is 5.35. The van der Waals surface area contributed by atoms with E-state index in [2.05, 4.69) is 23.7 Å². The molecule has 0 spiro atoms. The third-order valence-electron chi connectivity index (χ3n) is 3.48. The van der Waals surface area contributed by atoms with Crippen LogP contribution in [0.3, 0.4) is 0 Å². The van der Waals surface area contributed by atoms with E-state index in [9.17, 15) is 18.4 Å². The number of carbonyl (C=O) groups excluding carboxylic acids is 2. The number of carbonyl (C=O) groups is 2. The summed E-state index contributed by atoms with van der Waals surface area (Å²) in [6.45, 7) is 0. The highest BCUT2D eigenvalue weighted by molar-refractivity contribution is 6.11. The molecular weight excluding hydrogens is 322 g/mol. The van der Waals surface area contributed by atoms with Crippen molar-refractivity contribution in [1.82, 2.24) is 0 Å². The third kappa shape index (κ3) is 5.55. The highest BCUT2D eigenvalue weighted by Crippen LogP contribution is 2.20. The average Bonchev–Trinajstić information content (AvgIpc) is 2.61. The molecule has 2 nitrogen and oxygen atoms in total. The first-order valence-corrected chi connectivity index (χ1v) is 7.95. The Balaban J connectivity index is 1.78. The highest BCUT2D eigenvalue weighted by Gasteiger charge is 2.13. The Labute approximate surface area is 145 Å². The molecule has 0 heterocycles. The van der Waals surface area contributed by atoms with Crippen molar-refractivity contribution in [2.24, 2.45) is 0 Å². The molecule has 2 rings (SSSR count). The average molecular weight is 338 g/mol. The summed E-state index contributed by atoms with van der Waals surface area (Å²) >= 11 is 0. The Kier molecular flexibility index (Phi) is 6.87. The van der Waals surface area contributed by atoms with Crippen LogP contribution in [0.15, 0.2) is 47.8 Å². The quantitative estimate of drug-likeness (QED) is 0.354. The van der Waals surface area contributed by atoms with Gasteiger partial charge in [-0.2, -0.15) is 0 Å². The number of hydrogen-bond donors (Lipinski definition) is 0. The van der Waals surface area contributed by atoms with Gasteiger partial charge in [0.25, 0.3) is 0 Å². The molecule has 0 radical (unpaired) electrons. The molecule has 1 aliphatic rings. The second kappa shape index (κ2) is 9.35. The number of hydrogen-bond acceptors (Lipinski definition) is 2. The minimum absolute atomic E-state index is 0.0361. The van der Waals surface area contributed by atoms with Gasteiger partial charge in [-0.25, -0.2) is 8.78 Å². The fourth-order valence-electron chi connectivity index (χ4n) is 2.17. The zero-order valence-electron chi connectivity index (χ0n) is 13.6. The van der Waals surface area contributed by atoms with Crippen molar-refractivity contribution in [2.45, 2.75) is 32.1 Å². The summed E-state index contributed by atoms with van der Waals surface area (Å²) in [6, 6.07) is 5.67. The van der Waals surface area contributed by atoms with Crippen molar-refractivity contribution in [1.29, 1.82) is 0 Å². The minimum atomic E-state index is -0.593. The summed E-state index contributed by atoms with van der Waals surface area (Å²) in [5.41, 5.74) is -0.00903. The van der Waals surface area contributed by atoms with Crippen LogP contribution in [0.2, 0.25) is 0 Å². The van der Waals surface area contributed by atoms with Crippen LogP contribution in [0.1, 0.15) is 42.5 Å².